The molecule has 4 nitrogen and oxygen atoms in total. The van der Waals surface area contributed by atoms with E-state index in [1.54, 1.807) is 25.1 Å². The Kier molecular flexibility index (Phi) is 3.39. The monoisotopic (exact) mass is 284 g/mol. The van der Waals surface area contributed by atoms with Crippen LogP contribution in [0.1, 0.15) is 35.6 Å². The average Bonchev–Trinajstić information content (AvgIpc) is 2.62. The first-order valence-electron chi connectivity index (χ1n) is 6.86. The molecule has 0 radical (unpaired) electrons. The molecule has 0 spiro atoms. The molecule has 1 aliphatic rings. The molecular weight excluding hydrogens is 268 g/mol. The lowest BCUT2D eigenvalue weighted by atomic mass is 9.95. The third-order valence-corrected chi connectivity index (χ3v) is 3.87. The summed E-state index contributed by atoms with van der Waals surface area (Å²) >= 11 is 0. The van der Waals surface area contributed by atoms with Crippen molar-refractivity contribution in [3.05, 3.63) is 59.2 Å². The van der Waals surface area contributed by atoms with Crippen LogP contribution in [0, 0.1) is 0 Å². The van der Waals surface area contributed by atoms with Crippen molar-refractivity contribution in [3.8, 4) is 11.5 Å². The molecule has 4 heteroatoms. The molecule has 0 unspecified atom stereocenters. The second-order valence-corrected chi connectivity index (χ2v) is 5.29. The van der Waals surface area contributed by atoms with Gasteiger partial charge in [0.15, 0.2) is 0 Å². The Morgan fingerprint density at radius 1 is 1.24 bits per heavy atom. The fourth-order valence-electron chi connectivity index (χ4n) is 2.54. The molecule has 2 aromatic carbocycles. The summed E-state index contributed by atoms with van der Waals surface area (Å²) < 4.78 is 5.86. The van der Waals surface area contributed by atoms with Gasteiger partial charge in [0.2, 0.25) is 0 Å². The number of fused-ring (bicyclic) bond motifs is 2. The van der Waals surface area contributed by atoms with Gasteiger partial charge in [-0.25, -0.2) is 0 Å². The minimum absolute atomic E-state index is 0.452. The molecule has 2 aromatic rings. The van der Waals surface area contributed by atoms with Crippen molar-refractivity contribution in [2.45, 2.75) is 25.4 Å². The lowest BCUT2D eigenvalue weighted by Gasteiger charge is -2.14. The molecule has 1 heterocycles. The lowest BCUT2D eigenvalue weighted by molar-refractivity contribution is -0.138. The Morgan fingerprint density at radius 3 is 2.76 bits per heavy atom. The summed E-state index contributed by atoms with van der Waals surface area (Å²) in [5, 5.41) is 19.5. The van der Waals surface area contributed by atoms with Gasteiger partial charge in [0.05, 0.1) is 12.0 Å². The summed E-state index contributed by atoms with van der Waals surface area (Å²) in [6, 6.07) is 12.8. The number of aliphatic hydroxyl groups excluding tert-OH is 1. The van der Waals surface area contributed by atoms with Crippen LogP contribution in [0.2, 0.25) is 0 Å². The maximum atomic E-state index is 11.1. The first kappa shape index (κ1) is 13.6. The first-order chi connectivity index (χ1) is 10.1. The van der Waals surface area contributed by atoms with E-state index in [1.807, 2.05) is 24.3 Å². The quantitative estimate of drug-likeness (QED) is 0.888. The van der Waals surface area contributed by atoms with Crippen molar-refractivity contribution < 1.29 is 19.7 Å². The number of carboxylic acids is 1. The van der Waals surface area contributed by atoms with E-state index >= 15 is 0 Å². The SMILES string of the molecule is C[C@@H](C(=O)O)c1ccc2c(c1)[C@@H](O)Cc1ccccc1O2. The van der Waals surface area contributed by atoms with Crippen LogP contribution in [0.15, 0.2) is 42.5 Å². The molecule has 0 saturated carbocycles. The van der Waals surface area contributed by atoms with Gasteiger partial charge in [-0.05, 0) is 36.2 Å². The van der Waals surface area contributed by atoms with Crippen LogP contribution in [-0.2, 0) is 11.2 Å². The molecule has 0 fully saturated rings. The summed E-state index contributed by atoms with van der Waals surface area (Å²) in [5.74, 6) is -0.196. The molecule has 0 amide bonds. The number of para-hydroxylation sites is 1. The molecule has 0 saturated heterocycles. The van der Waals surface area contributed by atoms with Gasteiger partial charge >= 0.3 is 5.97 Å². The second-order valence-electron chi connectivity index (χ2n) is 5.29. The molecule has 21 heavy (non-hydrogen) atoms. The zero-order chi connectivity index (χ0) is 15.0. The summed E-state index contributed by atoms with van der Waals surface area (Å²) in [7, 11) is 0. The third-order valence-electron chi connectivity index (χ3n) is 3.87. The minimum atomic E-state index is -0.887. The van der Waals surface area contributed by atoms with E-state index in [1.165, 1.54) is 0 Å². The van der Waals surface area contributed by atoms with Gasteiger partial charge in [-0.2, -0.15) is 0 Å². The lowest BCUT2D eigenvalue weighted by Crippen LogP contribution is -2.09. The molecular formula is C17H16O4. The van der Waals surface area contributed by atoms with Crippen molar-refractivity contribution in [1.82, 2.24) is 0 Å². The molecule has 2 atom stereocenters. The molecule has 108 valence electrons. The number of aliphatic hydroxyl groups is 1. The van der Waals surface area contributed by atoms with E-state index in [0.29, 0.717) is 23.3 Å². The molecule has 3 rings (SSSR count). The Labute approximate surface area is 122 Å². The maximum Gasteiger partial charge on any atom is 0.310 e. The summed E-state index contributed by atoms with van der Waals surface area (Å²) in [6.07, 6.45) is -0.252. The number of hydrogen-bond donors (Lipinski definition) is 2. The van der Waals surface area contributed by atoms with Gasteiger partial charge in [-0.1, -0.05) is 24.3 Å². The molecule has 1 aliphatic heterocycles. The fraction of sp³-hybridized carbons (Fsp3) is 0.235. The van der Waals surface area contributed by atoms with Gasteiger partial charge in [0.1, 0.15) is 11.5 Å². The summed E-state index contributed by atoms with van der Waals surface area (Å²) in [6.45, 7) is 1.63. The molecule has 0 aliphatic carbocycles. The number of benzene rings is 2. The smallest absolute Gasteiger partial charge is 0.310 e. The highest BCUT2D eigenvalue weighted by atomic mass is 16.5. The van der Waals surface area contributed by atoms with E-state index in [-0.39, 0.29) is 0 Å². The highest BCUT2D eigenvalue weighted by molar-refractivity contribution is 5.75. The van der Waals surface area contributed by atoms with Crippen molar-refractivity contribution in [1.29, 1.82) is 0 Å². The van der Waals surface area contributed by atoms with Gasteiger partial charge in [-0.3, -0.25) is 4.79 Å². The first-order valence-corrected chi connectivity index (χ1v) is 6.86. The van der Waals surface area contributed by atoms with E-state index in [2.05, 4.69) is 0 Å². The topological polar surface area (TPSA) is 66.8 Å². The van der Waals surface area contributed by atoms with E-state index < -0.39 is 18.0 Å². The van der Waals surface area contributed by atoms with E-state index in [9.17, 15) is 9.90 Å². The number of ether oxygens (including phenoxy) is 1. The minimum Gasteiger partial charge on any atom is -0.481 e. The normalized spacial score (nSPS) is 17.9. The summed E-state index contributed by atoms with van der Waals surface area (Å²) in [4.78, 5) is 11.1. The van der Waals surface area contributed by atoms with Gasteiger partial charge in [0, 0.05) is 12.0 Å². The zero-order valence-corrected chi connectivity index (χ0v) is 11.6. The predicted molar refractivity (Wildman–Crippen MR) is 77.7 cm³/mol. The average molecular weight is 284 g/mol. The summed E-state index contributed by atoms with van der Waals surface area (Å²) in [5.41, 5.74) is 2.24. The van der Waals surface area contributed by atoms with Crippen LogP contribution >= 0.6 is 0 Å². The molecule has 0 aromatic heterocycles. The molecule has 0 bridgehead atoms. The van der Waals surface area contributed by atoms with Crippen LogP contribution in [-0.4, -0.2) is 16.2 Å². The van der Waals surface area contributed by atoms with E-state index in [4.69, 9.17) is 9.84 Å². The van der Waals surface area contributed by atoms with Crippen LogP contribution in [0.5, 0.6) is 11.5 Å². The maximum absolute atomic E-state index is 11.1. The standard InChI is InChI=1S/C17H16O4/c1-10(17(19)20)11-6-7-16-13(8-11)14(18)9-12-4-2-3-5-15(12)21-16/h2-8,10,14,18H,9H2,1H3,(H,19,20)/t10-,14+/m1/s1. The Balaban J connectivity index is 2.04. The number of carbonyl (C=O) groups is 1. The Bertz CT molecular complexity index is 693. The molecule has 2 N–H and O–H groups in total. The van der Waals surface area contributed by atoms with E-state index in [0.717, 1.165) is 11.3 Å². The van der Waals surface area contributed by atoms with Gasteiger partial charge in [-0.15, -0.1) is 0 Å². The Morgan fingerprint density at radius 2 is 2.00 bits per heavy atom. The number of aliphatic carboxylic acids is 1. The second kappa shape index (κ2) is 5.22. The fourth-order valence-corrected chi connectivity index (χ4v) is 2.54. The number of rotatable bonds is 2. The highest BCUT2D eigenvalue weighted by Gasteiger charge is 2.23. The van der Waals surface area contributed by atoms with Crippen molar-refractivity contribution in [3.63, 3.8) is 0 Å². The third kappa shape index (κ3) is 2.50. The predicted octanol–water partition coefficient (Wildman–Crippen LogP) is 3.26. The van der Waals surface area contributed by atoms with Gasteiger partial charge in [0.25, 0.3) is 0 Å². The van der Waals surface area contributed by atoms with Crippen LogP contribution in [0.3, 0.4) is 0 Å². The van der Waals surface area contributed by atoms with Gasteiger partial charge < -0.3 is 14.9 Å². The number of carboxylic acid groups (broad SMARTS) is 1. The Hall–Kier alpha value is -2.33. The van der Waals surface area contributed by atoms with Crippen LogP contribution in [0.4, 0.5) is 0 Å². The largest absolute Gasteiger partial charge is 0.481 e. The van der Waals surface area contributed by atoms with Crippen molar-refractivity contribution in [2.75, 3.05) is 0 Å². The highest BCUT2D eigenvalue weighted by Crippen LogP contribution is 2.39. The van der Waals surface area contributed by atoms with Crippen LogP contribution in [0.25, 0.3) is 0 Å². The zero-order valence-electron chi connectivity index (χ0n) is 11.6. The van der Waals surface area contributed by atoms with Crippen molar-refractivity contribution in [2.24, 2.45) is 0 Å². The van der Waals surface area contributed by atoms with Crippen molar-refractivity contribution >= 4 is 5.97 Å². The van der Waals surface area contributed by atoms with Crippen LogP contribution < -0.4 is 4.74 Å². The number of hydrogen-bond acceptors (Lipinski definition) is 3.